The van der Waals surface area contributed by atoms with Crippen LogP contribution in [-0.4, -0.2) is 29.2 Å². The van der Waals surface area contributed by atoms with Crippen LogP contribution in [-0.2, 0) is 4.79 Å². The van der Waals surface area contributed by atoms with Crippen molar-refractivity contribution in [3.05, 3.63) is 0 Å². The Morgan fingerprint density at radius 1 is 1.41 bits per heavy atom. The van der Waals surface area contributed by atoms with Crippen molar-refractivity contribution in [2.24, 2.45) is 5.73 Å². The minimum absolute atomic E-state index is 0.240. The first-order valence-electron chi connectivity index (χ1n) is 6.89. The maximum absolute atomic E-state index is 11.8. The van der Waals surface area contributed by atoms with Gasteiger partial charge in [0.2, 0.25) is 0 Å². The zero-order valence-corrected chi connectivity index (χ0v) is 10.8. The highest BCUT2D eigenvalue weighted by Crippen LogP contribution is 2.17. The molecule has 2 atom stereocenters. The maximum atomic E-state index is 11.8. The smallest absolute Gasteiger partial charge is 0.250 e. The Labute approximate surface area is 104 Å². The summed E-state index contributed by atoms with van der Waals surface area (Å²) >= 11 is 0. The predicted molar refractivity (Wildman–Crippen MR) is 68.5 cm³/mol. The SMILES string of the molecule is CCCC[C@H](N)[C@H](O)C(=O)NC1CCCCC1. The summed E-state index contributed by atoms with van der Waals surface area (Å²) in [6, 6.07) is -0.192. The first-order chi connectivity index (χ1) is 8.15. The monoisotopic (exact) mass is 242 g/mol. The van der Waals surface area contributed by atoms with Crippen LogP contribution in [0.4, 0.5) is 0 Å². The molecule has 4 nitrogen and oxygen atoms in total. The van der Waals surface area contributed by atoms with E-state index in [1.54, 1.807) is 0 Å². The second kappa shape index (κ2) is 7.67. The van der Waals surface area contributed by atoms with Crippen molar-refractivity contribution in [1.82, 2.24) is 5.32 Å². The van der Waals surface area contributed by atoms with E-state index in [0.717, 1.165) is 25.7 Å². The molecule has 1 fully saturated rings. The van der Waals surface area contributed by atoms with Crippen molar-refractivity contribution >= 4 is 5.91 Å². The molecule has 1 saturated carbocycles. The van der Waals surface area contributed by atoms with Gasteiger partial charge < -0.3 is 16.2 Å². The highest BCUT2D eigenvalue weighted by atomic mass is 16.3. The lowest BCUT2D eigenvalue weighted by Crippen LogP contribution is -2.49. The molecule has 1 rings (SSSR count). The number of nitrogens with one attached hydrogen (secondary N) is 1. The molecule has 1 aliphatic carbocycles. The van der Waals surface area contributed by atoms with Crippen LogP contribution in [0.15, 0.2) is 0 Å². The third kappa shape index (κ3) is 5.04. The van der Waals surface area contributed by atoms with E-state index >= 15 is 0 Å². The number of carbonyl (C=O) groups excluding carboxylic acids is 1. The number of aliphatic hydroxyl groups is 1. The molecule has 0 aromatic heterocycles. The molecular weight excluding hydrogens is 216 g/mol. The second-order valence-electron chi connectivity index (χ2n) is 5.09. The molecule has 100 valence electrons. The number of aliphatic hydroxyl groups excluding tert-OH is 1. The van der Waals surface area contributed by atoms with Crippen LogP contribution >= 0.6 is 0 Å². The molecule has 0 aromatic rings. The summed E-state index contributed by atoms with van der Waals surface area (Å²) in [5, 5.41) is 12.7. The van der Waals surface area contributed by atoms with Crippen LogP contribution < -0.4 is 11.1 Å². The van der Waals surface area contributed by atoms with Gasteiger partial charge in [0.15, 0.2) is 0 Å². The van der Waals surface area contributed by atoms with Gasteiger partial charge in [0.1, 0.15) is 6.10 Å². The average Bonchev–Trinajstić information content (AvgIpc) is 2.36. The van der Waals surface area contributed by atoms with Crippen molar-refractivity contribution in [3.8, 4) is 0 Å². The minimum atomic E-state index is -1.05. The molecule has 4 heteroatoms. The van der Waals surface area contributed by atoms with Gasteiger partial charge in [0.25, 0.3) is 5.91 Å². The van der Waals surface area contributed by atoms with Gasteiger partial charge in [-0.3, -0.25) is 4.79 Å². The number of unbranched alkanes of at least 4 members (excludes halogenated alkanes) is 1. The van der Waals surface area contributed by atoms with Crippen LogP contribution in [0.1, 0.15) is 58.3 Å². The Bertz CT molecular complexity index is 227. The fraction of sp³-hybridized carbons (Fsp3) is 0.923. The van der Waals surface area contributed by atoms with E-state index in [4.69, 9.17) is 5.73 Å². The second-order valence-corrected chi connectivity index (χ2v) is 5.09. The van der Waals surface area contributed by atoms with Crippen molar-refractivity contribution in [1.29, 1.82) is 0 Å². The summed E-state index contributed by atoms with van der Waals surface area (Å²) in [4.78, 5) is 11.8. The molecule has 0 radical (unpaired) electrons. The van der Waals surface area contributed by atoms with Crippen molar-refractivity contribution in [2.75, 3.05) is 0 Å². The van der Waals surface area contributed by atoms with E-state index in [1.165, 1.54) is 19.3 Å². The molecule has 0 unspecified atom stereocenters. The van der Waals surface area contributed by atoms with Crippen LogP contribution in [0.3, 0.4) is 0 Å². The number of nitrogens with two attached hydrogens (primary N) is 1. The van der Waals surface area contributed by atoms with E-state index in [-0.39, 0.29) is 11.9 Å². The Hall–Kier alpha value is -0.610. The lowest BCUT2D eigenvalue weighted by atomic mass is 9.95. The lowest BCUT2D eigenvalue weighted by Gasteiger charge is -2.25. The Morgan fingerprint density at radius 3 is 2.65 bits per heavy atom. The molecule has 0 aromatic carbocycles. The predicted octanol–water partition coefficient (Wildman–Crippen LogP) is 1.31. The summed E-state index contributed by atoms with van der Waals surface area (Å²) in [5.74, 6) is -0.291. The van der Waals surface area contributed by atoms with Gasteiger partial charge in [-0.1, -0.05) is 39.0 Å². The Balaban J connectivity index is 2.29. The topological polar surface area (TPSA) is 75.3 Å². The largest absolute Gasteiger partial charge is 0.382 e. The van der Waals surface area contributed by atoms with Crippen molar-refractivity contribution in [3.63, 3.8) is 0 Å². The lowest BCUT2D eigenvalue weighted by molar-refractivity contribution is -0.131. The quantitative estimate of drug-likeness (QED) is 0.657. The molecular formula is C13H26N2O2. The molecule has 0 bridgehead atoms. The fourth-order valence-corrected chi connectivity index (χ4v) is 2.33. The molecule has 1 aliphatic rings. The number of hydrogen-bond donors (Lipinski definition) is 3. The minimum Gasteiger partial charge on any atom is -0.382 e. The van der Waals surface area contributed by atoms with Gasteiger partial charge in [-0.25, -0.2) is 0 Å². The molecule has 0 spiro atoms. The standard InChI is InChI=1S/C13H26N2O2/c1-2-3-9-11(14)12(16)13(17)15-10-7-5-4-6-8-10/h10-12,16H,2-9,14H2,1H3,(H,15,17)/t11-,12-/m0/s1. The Morgan fingerprint density at radius 2 is 2.06 bits per heavy atom. The zero-order valence-electron chi connectivity index (χ0n) is 10.8. The van der Waals surface area contributed by atoms with Gasteiger partial charge in [-0.2, -0.15) is 0 Å². The zero-order chi connectivity index (χ0) is 12.7. The number of rotatable bonds is 6. The summed E-state index contributed by atoms with van der Waals surface area (Å²) in [6.07, 6.45) is 7.29. The number of carbonyl (C=O) groups is 1. The summed E-state index contributed by atoms with van der Waals surface area (Å²) < 4.78 is 0. The molecule has 4 N–H and O–H groups in total. The Kier molecular flexibility index (Phi) is 6.52. The van der Waals surface area contributed by atoms with Gasteiger partial charge in [-0.15, -0.1) is 0 Å². The number of hydrogen-bond acceptors (Lipinski definition) is 3. The molecule has 0 saturated heterocycles. The van der Waals surface area contributed by atoms with Crippen LogP contribution in [0.5, 0.6) is 0 Å². The normalized spacial score (nSPS) is 20.9. The van der Waals surface area contributed by atoms with E-state index < -0.39 is 12.1 Å². The van der Waals surface area contributed by atoms with Gasteiger partial charge in [0, 0.05) is 12.1 Å². The summed E-state index contributed by atoms with van der Waals surface area (Å²) in [5.41, 5.74) is 5.80. The van der Waals surface area contributed by atoms with Gasteiger partial charge in [0.05, 0.1) is 0 Å². The summed E-state index contributed by atoms with van der Waals surface area (Å²) in [7, 11) is 0. The molecule has 1 amide bonds. The van der Waals surface area contributed by atoms with Crippen molar-refractivity contribution < 1.29 is 9.90 Å². The molecule has 0 aliphatic heterocycles. The van der Waals surface area contributed by atoms with E-state index in [1.807, 2.05) is 0 Å². The van der Waals surface area contributed by atoms with Crippen LogP contribution in [0.2, 0.25) is 0 Å². The van der Waals surface area contributed by atoms with Gasteiger partial charge >= 0.3 is 0 Å². The highest BCUT2D eigenvalue weighted by Gasteiger charge is 2.25. The third-order valence-electron chi connectivity index (χ3n) is 3.52. The van der Waals surface area contributed by atoms with E-state index in [2.05, 4.69) is 12.2 Å². The fourth-order valence-electron chi connectivity index (χ4n) is 2.33. The van der Waals surface area contributed by atoms with Crippen molar-refractivity contribution in [2.45, 2.75) is 76.5 Å². The van der Waals surface area contributed by atoms with E-state index in [9.17, 15) is 9.90 Å². The van der Waals surface area contributed by atoms with Crippen LogP contribution in [0.25, 0.3) is 0 Å². The average molecular weight is 242 g/mol. The first kappa shape index (κ1) is 14.5. The maximum Gasteiger partial charge on any atom is 0.250 e. The number of amides is 1. The summed E-state index contributed by atoms with van der Waals surface area (Å²) in [6.45, 7) is 2.07. The highest BCUT2D eigenvalue weighted by molar-refractivity contribution is 5.81. The molecule has 17 heavy (non-hydrogen) atoms. The van der Waals surface area contributed by atoms with E-state index in [0.29, 0.717) is 6.42 Å². The third-order valence-corrected chi connectivity index (χ3v) is 3.52. The van der Waals surface area contributed by atoms with Gasteiger partial charge in [-0.05, 0) is 19.3 Å². The first-order valence-corrected chi connectivity index (χ1v) is 6.89. The molecule has 0 heterocycles. The van der Waals surface area contributed by atoms with Crippen LogP contribution in [0, 0.1) is 0 Å².